The van der Waals surface area contributed by atoms with Crippen LogP contribution in [0.25, 0.3) is 0 Å². The van der Waals surface area contributed by atoms with Gasteiger partial charge in [-0.25, -0.2) is 8.78 Å². The Morgan fingerprint density at radius 2 is 1.33 bits per heavy atom. The van der Waals surface area contributed by atoms with Crippen LogP contribution in [-0.4, -0.2) is 5.92 Å². The standard InChI is InChI=1S/C13H26F2/c1-11(2)7-5-6-9-13(14,15)10-8-12(3)4/h11-12H,5-10H2,1-4H3. The number of halogens is 2. The Balaban J connectivity index is 3.55. The van der Waals surface area contributed by atoms with Gasteiger partial charge in [0.25, 0.3) is 0 Å². The maximum atomic E-state index is 13.3. The van der Waals surface area contributed by atoms with Crippen molar-refractivity contribution in [1.82, 2.24) is 0 Å². The van der Waals surface area contributed by atoms with Crippen molar-refractivity contribution in [3.8, 4) is 0 Å². The second-order valence-electron chi connectivity index (χ2n) is 5.43. The van der Waals surface area contributed by atoms with E-state index >= 15 is 0 Å². The minimum absolute atomic E-state index is 0.0619. The highest BCUT2D eigenvalue weighted by Crippen LogP contribution is 2.29. The molecule has 0 aromatic carbocycles. The van der Waals surface area contributed by atoms with Crippen LogP contribution >= 0.6 is 0 Å². The van der Waals surface area contributed by atoms with Gasteiger partial charge in [-0.3, -0.25) is 0 Å². The zero-order valence-electron chi connectivity index (χ0n) is 10.7. The van der Waals surface area contributed by atoms with Crippen molar-refractivity contribution in [3.05, 3.63) is 0 Å². The van der Waals surface area contributed by atoms with E-state index < -0.39 is 5.92 Å². The zero-order chi connectivity index (χ0) is 11.9. The van der Waals surface area contributed by atoms with E-state index in [9.17, 15) is 8.78 Å². The normalized spacial score (nSPS) is 12.8. The Bertz CT molecular complexity index is 151. The van der Waals surface area contributed by atoms with Gasteiger partial charge in [0.15, 0.2) is 0 Å². The molecule has 0 fully saturated rings. The van der Waals surface area contributed by atoms with E-state index in [-0.39, 0.29) is 12.8 Å². The molecule has 0 rings (SSSR count). The van der Waals surface area contributed by atoms with Crippen LogP contribution in [0.4, 0.5) is 8.78 Å². The van der Waals surface area contributed by atoms with E-state index in [1.54, 1.807) is 0 Å². The van der Waals surface area contributed by atoms with Crippen LogP contribution in [0.15, 0.2) is 0 Å². The van der Waals surface area contributed by atoms with E-state index in [0.29, 0.717) is 24.7 Å². The average Bonchev–Trinajstić information content (AvgIpc) is 2.09. The number of unbranched alkanes of at least 4 members (excludes halogenated alkanes) is 1. The molecule has 0 spiro atoms. The number of alkyl halides is 2. The van der Waals surface area contributed by atoms with E-state index in [1.807, 2.05) is 13.8 Å². The van der Waals surface area contributed by atoms with Gasteiger partial charge in [0.2, 0.25) is 5.92 Å². The second-order valence-corrected chi connectivity index (χ2v) is 5.43. The summed E-state index contributed by atoms with van der Waals surface area (Å²) in [6, 6.07) is 0. The second kappa shape index (κ2) is 7.19. The highest BCUT2D eigenvalue weighted by molar-refractivity contribution is 4.67. The van der Waals surface area contributed by atoms with Crippen molar-refractivity contribution >= 4 is 0 Å². The largest absolute Gasteiger partial charge is 0.248 e. The molecule has 0 amide bonds. The van der Waals surface area contributed by atoms with Gasteiger partial charge in [-0.2, -0.15) is 0 Å². The first kappa shape index (κ1) is 14.9. The van der Waals surface area contributed by atoms with Gasteiger partial charge < -0.3 is 0 Å². The first-order valence-electron chi connectivity index (χ1n) is 6.21. The van der Waals surface area contributed by atoms with Gasteiger partial charge in [-0.05, 0) is 24.7 Å². The maximum Gasteiger partial charge on any atom is 0.248 e. The maximum absolute atomic E-state index is 13.3. The Hall–Kier alpha value is -0.140. The van der Waals surface area contributed by atoms with Gasteiger partial charge in [0, 0.05) is 12.8 Å². The van der Waals surface area contributed by atoms with Gasteiger partial charge in [0.1, 0.15) is 0 Å². The number of rotatable bonds is 8. The molecule has 92 valence electrons. The third-order valence-corrected chi connectivity index (χ3v) is 2.66. The molecule has 0 aliphatic carbocycles. The molecular weight excluding hydrogens is 194 g/mol. The van der Waals surface area contributed by atoms with E-state index in [1.165, 1.54) is 0 Å². The molecule has 0 bridgehead atoms. The lowest BCUT2D eigenvalue weighted by molar-refractivity contribution is -0.0229. The predicted octanol–water partition coefficient (Wildman–Crippen LogP) is 5.27. The Kier molecular flexibility index (Phi) is 7.12. The van der Waals surface area contributed by atoms with Crippen molar-refractivity contribution in [2.24, 2.45) is 11.8 Å². The number of hydrogen-bond acceptors (Lipinski definition) is 0. The molecule has 2 heteroatoms. The molecule has 0 radical (unpaired) electrons. The minimum Gasteiger partial charge on any atom is -0.207 e. The molecule has 0 atom stereocenters. The fourth-order valence-electron chi connectivity index (χ4n) is 1.56. The molecule has 0 heterocycles. The summed E-state index contributed by atoms with van der Waals surface area (Å²) in [6.45, 7) is 8.26. The summed E-state index contributed by atoms with van der Waals surface area (Å²) in [7, 11) is 0. The third-order valence-electron chi connectivity index (χ3n) is 2.66. The fraction of sp³-hybridized carbons (Fsp3) is 1.00. The summed E-state index contributed by atoms with van der Waals surface area (Å²) in [5, 5.41) is 0. The smallest absolute Gasteiger partial charge is 0.207 e. The van der Waals surface area contributed by atoms with Crippen molar-refractivity contribution in [3.63, 3.8) is 0 Å². The van der Waals surface area contributed by atoms with Crippen LogP contribution in [0.3, 0.4) is 0 Å². The number of hydrogen-bond donors (Lipinski definition) is 0. The quantitative estimate of drug-likeness (QED) is 0.488. The summed E-state index contributed by atoms with van der Waals surface area (Å²) in [5.41, 5.74) is 0. The molecule has 0 aromatic rings. The van der Waals surface area contributed by atoms with E-state index in [4.69, 9.17) is 0 Å². The lowest BCUT2D eigenvalue weighted by Crippen LogP contribution is -2.16. The third kappa shape index (κ3) is 10.1. The molecule has 0 N–H and O–H groups in total. The Morgan fingerprint density at radius 1 is 0.800 bits per heavy atom. The van der Waals surface area contributed by atoms with Crippen molar-refractivity contribution in [2.75, 3.05) is 0 Å². The molecular formula is C13H26F2. The lowest BCUT2D eigenvalue weighted by atomic mass is 9.98. The van der Waals surface area contributed by atoms with Crippen LogP contribution in [-0.2, 0) is 0 Å². The lowest BCUT2D eigenvalue weighted by Gasteiger charge is -2.17. The molecule has 0 aliphatic rings. The van der Waals surface area contributed by atoms with Crippen LogP contribution in [0.2, 0.25) is 0 Å². The van der Waals surface area contributed by atoms with Crippen LogP contribution < -0.4 is 0 Å². The molecule has 0 unspecified atom stereocenters. The highest BCUT2D eigenvalue weighted by atomic mass is 19.3. The highest BCUT2D eigenvalue weighted by Gasteiger charge is 2.27. The summed E-state index contributed by atoms with van der Waals surface area (Å²) in [5.74, 6) is -1.41. The van der Waals surface area contributed by atoms with E-state index in [0.717, 1.165) is 12.8 Å². The predicted molar refractivity (Wildman–Crippen MR) is 62.3 cm³/mol. The first-order valence-corrected chi connectivity index (χ1v) is 6.21. The molecule has 0 saturated carbocycles. The minimum atomic E-state index is -2.43. The molecule has 15 heavy (non-hydrogen) atoms. The van der Waals surface area contributed by atoms with Gasteiger partial charge >= 0.3 is 0 Å². The summed E-state index contributed by atoms with van der Waals surface area (Å²) >= 11 is 0. The van der Waals surface area contributed by atoms with Gasteiger partial charge in [-0.15, -0.1) is 0 Å². The molecule has 0 aromatic heterocycles. The van der Waals surface area contributed by atoms with Gasteiger partial charge in [-0.1, -0.05) is 40.5 Å². The topological polar surface area (TPSA) is 0 Å². The SMILES string of the molecule is CC(C)CCCCC(F)(F)CCC(C)C. The Morgan fingerprint density at radius 3 is 1.80 bits per heavy atom. The summed E-state index contributed by atoms with van der Waals surface area (Å²) in [4.78, 5) is 0. The van der Waals surface area contributed by atoms with Crippen molar-refractivity contribution in [2.45, 2.75) is 72.1 Å². The molecule has 0 nitrogen and oxygen atoms in total. The van der Waals surface area contributed by atoms with Crippen molar-refractivity contribution in [1.29, 1.82) is 0 Å². The molecule has 0 aliphatic heterocycles. The van der Waals surface area contributed by atoms with Crippen LogP contribution in [0.5, 0.6) is 0 Å². The van der Waals surface area contributed by atoms with Crippen LogP contribution in [0, 0.1) is 11.8 Å². The average molecular weight is 220 g/mol. The van der Waals surface area contributed by atoms with E-state index in [2.05, 4.69) is 13.8 Å². The van der Waals surface area contributed by atoms with Gasteiger partial charge in [0.05, 0.1) is 0 Å². The zero-order valence-corrected chi connectivity index (χ0v) is 10.7. The summed E-state index contributed by atoms with van der Waals surface area (Å²) in [6.07, 6.45) is 3.45. The van der Waals surface area contributed by atoms with Crippen LogP contribution in [0.1, 0.15) is 66.2 Å². The monoisotopic (exact) mass is 220 g/mol. The Labute approximate surface area is 93.4 Å². The summed E-state index contributed by atoms with van der Waals surface area (Å²) < 4.78 is 26.6. The van der Waals surface area contributed by atoms with Crippen molar-refractivity contribution < 1.29 is 8.78 Å². The fourth-order valence-corrected chi connectivity index (χ4v) is 1.56. The first-order chi connectivity index (χ1) is 6.83. The molecule has 0 saturated heterocycles.